The van der Waals surface area contributed by atoms with Gasteiger partial charge >= 0.3 is 0 Å². The van der Waals surface area contributed by atoms with E-state index in [2.05, 4.69) is 59.0 Å². The van der Waals surface area contributed by atoms with Crippen molar-refractivity contribution >= 4 is 20.1 Å². The van der Waals surface area contributed by atoms with E-state index >= 15 is 0 Å². The number of fused-ring (bicyclic) bond motifs is 6. The Kier molecular flexibility index (Phi) is 6.43. The number of rotatable bonds is 5. The Bertz CT molecular complexity index is 1330. The van der Waals surface area contributed by atoms with Crippen LogP contribution in [0.25, 0.3) is 0 Å². The summed E-state index contributed by atoms with van der Waals surface area (Å²) in [6, 6.07) is 13.9. The van der Waals surface area contributed by atoms with Gasteiger partial charge < -0.3 is 9.53 Å². The quantitative estimate of drug-likeness (QED) is 0.307. The van der Waals surface area contributed by atoms with Gasteiger partial charge in [0.15, 0.2) is 0 Å². The molecule has 2 amide bonds. The second-order valence-corrected chi connectivity index (χ2v) is 19.4. The third kappa shape index (κ3) is 4.12. The molecule has 1 heterocycles. The molecule has 0 spiro atoms. The Balaban J connectivity index is 1.17. The normalized spacial score (nSPS) is 31.5. The molecule has 40 heavy (non-hydrogen) atoms. The number of imide groups is 1. The number of aryl methyl sites for hydroxylation is 1. The number of amides is 2. The van der Waals surface area contributed by atoms with E-state index in [-0.39, 0.29) is 28.8 Å². The first-order valence-electron chi connectivity index (χ1n) is 15.3. The Morgan fingerprint density at radius 1 is 1.00 bits per heavy atom. The largest absolute Gasteiger partial charge is 0.543 e. The monoisotopic (exact) mass is 559 g/mol. The lowest BCUT2D eigenvalue weighted by Crippen LogP contribution is -2.52. The summed E-state index contributed by atoms with van der Waals surface area (Å²) < 4.78 is 6.64. The van der Waals surface area contributed by atoms with Crippen LogP contribution in [0.2, 0.25) is 18.1 Å². The van der Waals surface area contributed by atoms with Crippen molar-refractivity contribution in [3.05, 3.63) is 64.7 Å². The molecule has 2 aromatic carbocycles. The zero-order chi connectivity index (χ0) is 28.7. The molecule has 0 unspecified atom stereocenters. The fraction of sp³-hybridized carbons (Fsp3) is 0.588. The summed E-state index contributed by atoms with van der Waals surface area (Å²) >= 11 is 0. The molecule has 2 saturated carbocycles. The van der Waals surface area contributed by atoms with E-state index < -0.39 is 13.9 Å². The van der Waals surface area contributed by atoms with Gasteiger partial charge in [0.25, 0.3) is 11.8 Å². The maximum Gasteiger partial charge on any atom is 0.261 e. The van der Waals surface area contributed by atoms with Crippen LogP contribution >= 0.6 is 0 Å². The van der Waals surface area contributed by atoms with E-state index in [1.54, 1.807) is 24.3 Å². The van der Waals surface area contributed by atoms with Crippen LogP contribution < -0.4 is 4.43 Å². The average molecular weight is 560 g/mol. The number of carbonyl (C=O) groups is 2. The van der Waals surface area contributed by atoms with Gasteiger partial charge in [-0.2, -0.15) is 0 Å². The van der Waals surface area contributed by atoms with Crippen LogP contribution in [0.5, 0.6) is 5.75 Å². The van der Waals surface area contributed by atoms with E-state index in [4.69, 9.17) is 4.43 Å². The van der Waals surface area contributed by atoms with Crippen LogP contribution in [0, 0.1) is 17.3 Å². The van der Waals surface area contributed by atoms with Gasteiger partial charge in [0.05, 0.1) is 16.7 Å². The summed E-state index contributed by atoms with van der Waals surface area (Å²) in [7, 11) is -1.89. The van der Waals surface area contributed by atoms with Crippen LogP contribution in [-0.4, -0.2) is 42.3 Å². The summed E-state index contributed by atoms with van der Waals surface area (Å²) in [6.45, 7) is 14.0. The molecule has 0 radical (unpaired) electrons. The highest BCUT2D eigenvalue weighted by Gasteiger charge is 2.61. The zero-order valence-electron chi connectivity index (χ0n) is 25.0. The molecule has 0 aromatic heterocycles. The zero-order valence-corrected chi connectivity index (χ0v) is 26.0. The smallest absolute Gasteiger partial charge is 0.261 e. The Labute approximate surface area is 240 Å². The topological polar surface area (TPSA) is 66.8 Å². The highest BCUT2D eigenvalue weighted by molar-refractivity contribution is 6.74. The molecule has 6 rings (SSSR count). The Hall–Kier alpha value is -2.44. The van der Waals surface area contributed by atoms with Crippen molar-refractivity contribution in [1.29, 1.82) is 0 Å². The molecule has 3 aliphatic carbocycles. The van der Waals surface area contributed by atoms with Gasteiger partial charge in [0, 0.05) is 6.54 Å². The lowest BCUT2D eigenvalue weighted by molar-refractivity contribution is -0.108. The van der Waals surface area contributed by atoms with E-state index in [1.165, 1.54) is 16.0 Å². The van der Waals surface area contributed by atoms with E-state index in [1.807, 2.05) is 0 Å². The van der Waals surface area contributed by atoms with Crippen LogP contribution in [0.15, 0.2) is 42.5 Å². The molecule has 2 fully saturated rings. The third-order valence-corrected chi connectivity index (χ3v) is 16.2. The lowest BCUT2D eigenvalue weighted by Gasteiger charge is -2.53. The molecule has 1 N–H and O–H groups in total. The summed E-state index contributed by atoms with van der Waals surface area (Å²) in [4.78, 5) is 27.3. The summed E-state index contributed by atoms with van der Waals surface area (Å²) in [5.41, 5.74) is 2.83. The highest BCUT2D eigenvalue weighted by Crippen LogP contribution is 2.65. The third-order valence-electron chi connectivity index (χ3n) is 11.8. The minimum absolute atomic E-state index is 0.167. The first-order chi connectivity index (χ1) is 18.8. The van der Waals surface area contributed by atoms with Crippen molar-refractivity contribution in [2.75, 3.05) is 6.54 Å². The summed E-state index contributed by atoms with van der Waals surface area (Å²) in [5.74, 6) is 2.11. The number of aliphatic hydroxyl groups is 1. The van der Waals surface area contributed by atoms with E-state index in [0.717, 1.165) is 44.3 Å². The number of hydrogen-bond acceptors (Lipinski definition) is 4. The number of carbonyl (C=O) groups excluding carboxylic acids is 2. The van der Waals surface area contributed by atoms with Gasteiger partial charge in [-0.25, -0.2) is 0 Å². The molecular weight excluding hydrogens is 514 g/mol. The van der Waals surface area contributed by atoms with Crippen LogP contribution in [0.4, 0.5) is 0 Å². The minimum atomic E-state index is -1.89. The molecule has 5 nitrogen and oxygen atoms in total. The second-order valence-electron chi connectivity index (χ2n) is 14.7. The fourth-order valence-electron chi connectivity index (χ4n) is 8.33. The number of nitrogens with zero attached hydrogens (tertiary/aromatic N) is 1. The predicted octanol–water partition coefficient (Wildman–Crippen LogP) is 7.34. The molecule has 1 aliphatic heterocycles. The van der Waals surface area contributed by atoms with Crippen LogP contribution in [0.1, 0.15) is 104 Å². The van der Waals surface area contributed by atoms with Crippen LogP contribution in [-0.2, 0) is 6.42 Å². The Morgan fingerprint density at radius 3 is 2.33 bits per heavy atom. The lowest BCUT2D eigenvalue weighted by atomic mass is 9.53. The van der Waals surface area contributed by atoms with Crippen molar-refractivity contribution < 1.29 is 19.1 Å². The maximum atomic E-state index is 12.9. The summed E-state index contributed by atoms with van der Waals surface area (Å²) in [5, 5.41) is 12.3. The Morgan fingerprint density at radius 2 is 1.68 bits per heavy atom. The van der Waals surface area contributed by atoms with Gasteiger partial charge in [-0.05, 0) is 122 Å². The minimum Gasteiger partial charge on any atom is -0.543 e. The number of benzene rings is 2. The average Bonchev–Trinajstić information content (AvgIpc) is 3.31. The fourth-order valence-corrected chi connectivity index (χ4v) is 9.35. The highest BCUT2D eigenvalue weighted by atomic mass is 28.4. The van der Waals surface area contributed by atoms with Crippen LogP contribution in [0.3, 0.4) is 0 Å². The molecule has 0 bridgehead atoms. The van der Waals surface area contributed by atoms with Crippen molar-refractivity contribution in [1.82, 2.24) is 4.90 Å². The second kappa shape index (κ2) is 9.28. The molecule has 0 saturated heterocycles. The van der Waals surface area contributed by atoms with E-state index in [9.17, 15) is 14.7 Å². The van der Waals surface area contributed by atoms with Gasteiger partial charge in [0.1, 0.15) is 5.75 Å². The van der Waals surface area contributed by atoms with Crippen molar-refractivity contribution in [3.8, 4) is 5.75 Å². The molecule has 6 heteroatoms. The molecular formula is C34H45NO4Si. The van der Waals surface area contributed by atoms with Gasteiger partial charge in [-0.1, -0.05) is 45.9 Å². The maximum absolute atomic E-state index is 12.9. The summed E-state index contributed by atoms with van der Waals surface area (Å²) in [6.07, 6.45) is 6.46. The molecule has 4 aliphatic rings. The molecule has 2 aromatic rings. The van der Waals surface area contributed by atoms with Crippen molar-refractivity contribution in [2.45, 2.75) is 102 Å². The number of hydrogen-bond donors (Lipinski definition) is 1. The predicted molar refractivity (Wildman–Crippen MR) is 160 cm³/mol. The first-order valence-corrected chi connectivity index (χ1v) is 18.2. The first kappa shape index (κ1) is 27.7. The van der Waals surface area contributed by atoms with Gasteiger partial charge in [-0.15, -0.1) is 0 Å². The van der Waals surface area contributed by atoms with Gasteiger partial charge in [0.2, 0.25) is 8.32 Å². The van der Waals surface area contributed by atoms with E-state index in [0.29, 0.717) is 35.3 Å². The standard InChI is InChI=1S/C34H45NO4Si/c1-32(2,3)40(5,6)39-23-12-14-24-22(21-23)11-13-26-25(24)15-17-33(4)29(26)16-18-34(33,38)19-20-35-30(36)27-9-7-8-10-28(27)31(35)37/h7-10,12,14,21,25-26,29,38H,11,13,15-20H2,1-6H3/t25-,26-,29+,33+,34-/m1/s1. The van der Waals surface area contributed by atoms with Gasteiger partial charge in [-0.3, -0.25) is 14.5 Å². The SMILES string of the molecule is CC(C)(C)[Si](C)(C)Oc1ccc2c(c1)CC[C@@H]1[C@@H]2CC[C@@]2(C)[C@H]1CC[C@@]2(O)CCN1C(=O)c2ccccc2C1=O. The van der Waals surface area contributed by atoms with Crippen molar-refractivity contribution in [2.24, 2.45) is 17.3 Å². The molecule has 5 atom stereocenters. The molecule has 214 valence electrons. The van der Waals surface area contributed by atoms with Crippen molar-refractivity contribution in [3.63, 3.8) is 0 Å².